The number of fused-ring (bicyclic) bond motifs is 1. The van der Waals surface area contributed by atoms with Gasteiger partial charge in [-0.2, -0.15) is 13.2 Å². The molecular weight excluding hydrogens is 537 g/mol. The van der Waals surface area contributed by atoms with Gasteiger partial charge in [0.2, 0.25) is 5.91 Å². The Morgan fingerprint density at radius 3 is 2.53 bits per heavy atom. The van der Waals surface area contributed by atoms with Crippen molar-refractivity contribution in [2.75, 3.05) is 22.9 Å². The fourth-order valence-corrected chi connectivity index (χ4v) is 5.90. The number of benzene rings is 2. The largest absolute Gasteiger partial charge is 0.432 e. The maximum Gasteiger partial charge on any atom is 0.432 e. The van der Waals surface area contributed by atoms with Crippen molar-refractivity contribution >= 4 is 56.7 Å². The zero-order valence-corrected chi connectivity index (χ0v) is 21.3. The van der Waals surface area contributed by atoms with E-state index < -0.39 is 27.1 Å². The monoisotopic (exact) mass is 558 g/mol. The van der Waals surface area contributed by atoms with Crippen LogP contribution in [0.15, 0.2) is 64.6 Å². The quantitative estimate of drug-likeness (QED) is 0.321. The number of carbonyl (C=O) groups excluding carboxylic acids is 1. The lowest BCUT2D eigenvalue weighted by Gasteiger charge is -2.35. The third-order valence-electron chi connectivity index (χ3n) is 6.00. The number of alkyl halides is 3. The molecule has 13 heteroatoms. The summed E-state index contributed by atoms with van der Waals surface area (Å²) >= 11 is 9.80. The number of nitrogens with one attached hydrogen (secondary N) is 1. The molecule has 4 rings (SSSR count). The van der Waals surface area contributed by atoms with Gasteiger partial charge in [-0.25, -0.2) is 13.4 Å². The molecule has 0 saturated carbocycles. The highest BCUT2D eigenvalue weighted by atomic mass is 35.5. The molecule has 1 atom stereocenters. The molecule has 0 bridgehead atoms. The van der Waals surface area contributed by atoms with Gasteiger partial charge in [-0.05, 0) is 67.3 Å². The van der Waals surface area contributed by atoms with Gasteiger partial charge in [0.25, 0.3) is 10.0 Å². The van der Waals surface area contributed by atoms with Gasteiger partial charge in [-0.15, -0.1) is 12.6 Å². The summed E-state index contributed by atoms with van der Waals surface area (Å²) in [4.78, 5) is 19.8. The molecule has 0 aliphatic carbocycles. The van der Waals surface area contributed by atoms with Crippen molar-refractivity contribution in [3.8, 4) is 0 Å². The number of aliphatic imine (C=N–C) groups is 1. The molecule has 0 aromatic heterocycles. The van der Waals surface area contributed by atoms with Crippen LogP contribution in [-0.4, -0.2) is 44.8 Å². The van der Waals surface area contributed by atoms with Crippen molar-refractivity contribution in [3.63, 3.8) is 0 Å². The molecule has 2 aromatic carbocycles. The molecule has 36 heavy (non-hydrogen) atoms. The van der Waals surface area contributed by atoms with E-state index in [0.717, 1.165) is 30.6 Å². The number of hydrogen-bond donors (Lipinski definition) is 2. The van der Waals surface area contributed by atoms with E-state index in [2.05, 4.69) is 29.1 Å². The van der Waals surface area contributed by atoms with Gasteiger partial charge >= 0.3 is 6.18 Å². The third-order valence-corrected chi connectivity index (χ3v) is 7.96. The van der Waals surface area contributed by atoms with Crippen molar-refractivity contribution in [1.29, 1.82) is 0 Å². The minimum Gasteiger partial charge on any atom is -0.359 e. The summed E-state index contributed by atoms with van der Waals surface area (Å²) in [6.45, 7) is 3.95. The van der Waals surface area contributed by atoms with Crippen LogP contribution in [0, 0.1) is 0 Å². The highest BCUT2D eigenvalue weighted by Gasteiger charge is 2.38. The SMILES string of the molecule is C=C(/N=C(\S)NS(=O)(=O)c1ccc(N2CC[C@H](N3CCCc4cc(Cl)ccc43)C2=O)cc1)C(F)(F)F. The topological polar surface area (TPSA) is 82.1 Å². The molecule has 1 N–H and O–H groups in total. The number of nitrogens with zero attached hydrogens (tertiary/aromatic N) is 3. The van der Waals surface area contributed by atoms with E-state index in [1.54, 1.807) is 4.90 Å². The Hall–Kier alpha value is -2.70. The smallest absolute Gasteiger partial charge is 0.359 e. The summed E-state index contributed by atoms with van der Waals surface area (Å²) < 4.78 is 64.6. The van der Waals surface area contributed by atoms with Crippen LogP contribution in [0.3, 0.4) is 0 Å². The summed E-state index contributed by atoms with van der Waals surface area (Å²) in [6, 6.07) is 10.8. The lowest BCUT2D eigenvalue weighted by molar-refractivity contribution is -0.118. The predicted octanol–water partition coefficient (Wildman–Crippen LogP) is 4.54. The fraction of sp³-hybridized carbons (Fsp3) is 0.304. The Morgan fingerprint density at radius 2 is 1.86 bits per heavy atom. The summed E-state index contributed by atoms with van der Waals surface area (Å²) in [6.07, 6.45) is -2.41. The Bertz CT molecular complexity index is 1330. The number of hydrogen-bond acceptors (Lipinski definition) is 5. The van der Waals surface area contributed by atoms with Gasteiger partial charge < -0.3 is 9.80 Å². The molecular formula is C23H22ClF3N4O3S2. The molecule has 192 valence electrons. The first-order valence-electron chi connectivity index (χ1n) is 10.9. The van der Waals surface area contributed by atoms with E-state index in [9.17, 15) is 26.4 Å². The molecule has 0 unspecified atom stereocenters. The van der Waals surface area contributed by atoms with Crippen molar-refractivity contribution in [2.45, 2.75) is 36.4 Å². The molecule has 0 radical (unpaired) electrons. The zero-order valence-electron chi connectivity index (χ0n) is 18.8. The Morgan fingerprint density at radius 1 is 1.17 bits per heavy atom. The van der Waals surface area contributed by atoms with Gasteiger partial charge in [0.05, 0.1) is 4.90 Å². The minimum atomic E-state index is -4.81. The van der Waals surface area contributed by atoms with Crippen LogP contribution in [0.4, 0.5) is 24.5 Å². The highest BCUT2D eigenvalue weighted by Crippen LogP contribution is 2.35. The lowest BCUT2D eigenvalue weighted by Crippen LogP contribution is -2.44. The van der Waals surface area contributed by atoms with E-state index >= 15 is 0 Å². The molecule has 1 amide bonds. The Labute approximate surface area is 217 Å². The lowest BCUT2D eigenvalue weighted by atomic mass is 9.99. The molecule has 0 spiro atoms. The summed E-state index contributed by atoms with van der Waals surface area (Å²) in [5.74, 6) is -0.0954. The minimum absolute atomic E-state index is 0.0954. The molecule has 2 aromatic rings. The number of amidine groups is 1. The summed E-state index contributed by atoms with van der Waals surface area (Å²) in [5, 5.41) is -0.122. The molecule has 2 heterocycles. The van der Waals surface area contributed by atoms with E-state index in [0.29, 0.717) is 23.7 Å². The molecule has 7 nitrogen and oxygen atoms in total. The highest BCUT2D eigenvalue weighted by molar-refractivity contribution is 8.00. The van der Waals surface area contributed by atoms with Crippen LogP contribution >= 0.6 is 24.2 Å². The summed E-state index contributed by atoms with van der Waals surface area (Å²) in [7, 11) is -4.26. The number of aryl methyl sites for hydroxylation is 1. The molecule has 1 saturated heterocycles. The number of allylic oxidation sites excluding steroid dienone is 1. The molecule has 2 aliphatic rings. The number of halogens is 4. The first kappa shape index (κ1) is 26.4. The van der Waals surface area contributed by atoms with Crippen molar-refractivity contribution in [3.05, 3.63) is 65.3 Å². The van der Waals surface area contributed by atoms with Crippen molar-refractivity contribution < 1.29 is 26.4 Å². The summed E-state index contributed by atoms with van der Waals surface area (Å²) in [5.41, 5.74) is 1.12. The molecule has 2 aliphatic heterocycles. The van der Waals surface area contributed by atoms with Crippen LogP contribution < -0.4 is 14.5 Å². The molecule has 1 fully saturated rings. The fourth-order valence-electron chi connectivity index (χ4n) is 4.33. The van der Waals surface area contributed by atoms with E-state index in [1.807, 2.05) is 22.9 Å². The second-order valence-electron chi connectivity index (χ2n) is 8.34. The van der Waals surface area contributed by atoms with Crippen LogP contribution in [0.25, 0.3) is 0 Å². The zero-order chi connectivity index (χ0) is 26.3. The van der Waals surface area contributed by atoms with Crippen LogP contribution in [0.5, 0.6) is 0 Å². The van der Waals surface area contributed by atoms with Gasteiger partial charge in [0, 0.05) is 29.5 Å². The number of amides is 1. The van der Waals surface area contributed by atoms with E-state index in [4.69, 9.17) is 11.6 Å². The number of rotatable bonds is 5. The number of thiol groups is 1. The number of anilines is 2. The van der Waals surface area contributed by atoms with Crippen LogP contribution in [-0.2, 0) is 21.2 Å². The predicted molar refractivity (Wildman–Crippen MR) is 136 cm³/mol. The second-order valence-corrected chi connectivity index (χ2v) is 10.9. The standard InChI is InChI=1S/C23H22ClF3N4O3S2/c1-14(23(25,26)27)28-22(35)29-36(33,34)18-7-5-17(6-8-18)30-12-10-20(21(30)32)31-11-2-3-15-13-16(24)4-9-19(15)31/h4-9,13,20H,1-3,10-12H2,(H2,28,29,35)/t20-/m0/s1. The first-order chi connectivity index (χ1) is 16.9. The van der Waals surface area contributed by atoms with Gasteiger partial charge in [-0.1, -0.05) is 18.2 Å². The van der Waals surface area contributed by atoms with Crippen LogP contribution in [0.1, 0.15) is 18.4 Å². The van der Waals surface area contributed by atoms with Gasteiger partial charge in [-0.3, -0.25) is 9.52 Å². The maximum atomic E-state index is 13.3. The van der Waals surface area contributed by atoms with Crippen molar-refractivity contribution in [2.24, 2.45) is 4.99 Å². The van der Waals surface area contributed by atoms with Crippen molar-refractivity contribution in [1.82, 2.24) is 4.72 Å². The Kier molecular flexibility index (Phi) is 7.31. The van der Waals surface area contributed by atoms with Crippen LogP contribution in [0.2, 0.25) is 5.02 Å². The van der Waals surface area contributed by atoms with Gasteiger partial charge in [0.15, 0.2) is 5.17 Å². The maximum absolute atomic E-state index is 13.3. The number of sulfonamides is 1. The Balaban J connectivity index is 1.48. The normalized spacial score (nSPS) is 18.9. The van der Waals surface area contributed by atoms with E-state index in [1.165, 1.54) is 24.3 Å². The third kappa shape index (κ3) is 5.50. The average Bonchev–Trinajstić information content (AvgIpc) is 3.18. The first-order valence-corrected chi connectivity index (χ1v) is 13.2. The number of carbonyl (C=O) groups is 1. The van der Waals surface area contributed by atoms with E-state index in [-0.39, 0.29) is 16.8 Å². The van der Waals surface area contributed by atoms with Gasteiger partial charge in [0.1, 0.15) is 11.7 Å². The average molecular weight is 559 g/mol. The second kappa shape index (κ2) is 9.98.